The zero-order valence-electron chi connectivity index (χ0n) is 21.2. The van der Waals surface area contributed by atoms with E-state index in [2.05, 4.69) is 5.32 Å². The Morgan fingerprint density at radius 2 is 1.70 bits per heavy atom. The van der Waals surface area contributed by atoms with Gasteiger partial charge in [0.1, 0.15) is 5.82 Å². The SMILES string of the molecule is COCCN1C(=O)c2ccccc2[C@@H](C(=O)NCCc2ccc(OC)c(OC)c2)[C@H]1c1ccc(F)cc1. The van der Waals surface area contributed by atoms with Crippen LogP contribution in [-0.4, -0.2) is 57.7 Å². The van der Waals surface area contributed by atoms with Crippen molar-refractivity contribution in [1.29, 1.82) is 0 Å². The number of halogens is 1. The fourth-order valence-electron chi connectivity index (χ4n) is 4.82. The molecular formula is C29H31FN2O5. The molecule has 3 aromatic carbocycles. The summed E-state index contributed by atoms with van der Waals surface area (Å²) in [4.78, 5) is 28.9. The Morgan fingerprint density at radius 3 is 2.41 bits per heavy atom. The predicted molar refractivity (Wildman–Crippen MR) is 137 cm³/mol. The number of rotatable bonds is 10. The Labute approximate surface area is 216 Å². The Bertz CT molecular complexity index is 1250. The predicted octanol–water partition coefficient (Wildman–Crippen LogP) is 4.13. The molecule has 0 bridgehead atoms. The summed E-state index contributed by atoms with van der Waals surface area (Å²) < 4.78 is 29.7. The van der Waals surface area contributed by atoms with Crippen molar-refractivity contribution in [1.82, 2.24) is 10.2 Å². The van der Waals surface area contributed by atoms with E-state index in [1.165, 1.54) is 12.1 Å². The maximum absolute atomic E-state index is 13.8. The molecule has 8 heteroatoms. The molecule has 1 N–H and O–H groups in total. The normalized spacial score (nSPS) is 16.8. The second-order valence-electron chi connectivity index (χ2n) is 8.78. The minimum Gasteiger partial charge on any atom is -0.493 e. The molecule has 1 heterocycles. The number of benzene rings is 3. The van der Waals surface area contributed by atoms with Gasteiger partial charge in [0.2, 0.25) is 5.91 Å². The third-order valence-corrected chi connectivity index (χ3v) is 6.63. The number of hydrogen-bond donors (Lipinski definition) is 1. The van der Waals surface area contributed by atoms with E-state index in [1.54, 1.807) is 50.5 Å². The molecule has 1 aliphatic rings. The van der Waals surface area contributed by atoms with E-state index < -0.39 is 12.0 Å². The van der Waals surface area contributed by atoms with Gasteiger partial charge in [0.15, 0.2) is 11.5 Å². The largest absolute Gasteiger partial charge is 0.493 e. The summed E-state index contributed by atoms with van der Waals surface area (Å²) in [6.45, 7) is 0.982. The zero-order valence-corrected chi connectivity index (χ0v) is 21.2. The molecule has 194 valence electrons. The van der Waals surface area contributed by atoms with Gasteiger partial charge in [-0.25, -0.2) is 4.39 Å². The minimum absolute atomic E-state index is 0.184. The molecule has 1 aliphatic heterocycles. The van der Waals surface area contributed by atoms with Gasteiger partial charge in [0, 0.05) is 25.8 Å². The molecule has 0 aliphatic carbocycles. The Kier molecular flexibility index (Phi) is 8.40. The molecule has 37 heavy (non-hydrogen) atoms. The third kappa shape index (κ3) is 5.59. The molecule has 0 spiro atoms. The molecule has 2 amide bonds. The number of methoxy groups -OCH3 is 3. The second kappa shape index (κ2) is 11.9. The Balaban J connectivity index is 1.63. The molecular weight excluding hydrogens is 475 g/mol. The molecule has 7 nitrogen and oxygen atoms in total. The molecule has 0 unspecified atom stereocenters. The van der Waals surface area contributed by atoms with Crippen LogP contribution in [0, 0.1) is 5.82 Å². The van der Waals surface area contributed by atoms with E-state index in [9.17, 15) is 14.0 Å². The van der Waals surface area contributed by atoms with Crippen LogP contribution in [0.15, 0.2) is 66.7 Å². The van der Waals surface area contributed by atoms with Crippen molar-refractivity contribution in [2.45, 2.75) is 18.4 Å². The van der Waals surface area contributed by atoms with Gasteiger partial charge in [-0.2, -0.15) is 0 Å². The standard InChI is InChI=1S/C29H31FN2O5/c1-35-17-16-32-27(20-9-11-21(30)12-10-20)26(22-6-4-5-7-23(22)29(32)34)28(33)31-15-14-19-8-13-24(36-2)25(18-19)37-3/h4-13,18,26-27H,14-17H2,1-3H3,(H,31,33)/t26-,27-/m1/s1. The lowest BCUT2D eigenvalue weighted by molar-refractivity contribution is -0.124. The summed E-state index contributed by atoms with van der Waals surface area (Å²) in [5.41, 5.74) is 2.80. The monoisotopic (exact) mass is 506 g/mol. The fraction of sp³-hybridized carbons (Fsp3) is 0.310. The van der Waals surface area contributed by atoms with E-state index >= 15 is 0 Å². The van der Waals surface area contributed by atoms with Crippen molar-refractivity contribution in [2.24, 2.45) is 0 Å². The number of hydrogen-bond acceptors (Lipinski definition) is 5. The number of fused-ring (bicyclic) bond motifs is 1. The van der Waals surface area contributed by atoms with Crippen molar-refractivity contribution in [2.75, 3.05) is 41.0 Å². The second-order valence-corrected chi connectivity index (χ2v) is 8.78. The topological polar surface area (TPSA) is 77.1 Å². The van der Waals surface area contributed by atoms with Crippen molar-refractivity contribution in [3.8, 4) is 11.5 Å². The first-order valence-corrected chi connectivity index (χ1v) is 12.1. The van der Waals surface area contributed by atoms with Gasteiger partial charge in [0.05, 0.1) is 32.8 Å². The van der Waals surface area contributed by atoms with Crippen LogP contribution in [0.5, 0.6) is 11.5 Å². The van der Waals surface area contributed by atoms with E-state index in [-0.39, 0.29) is 17.6 Å². The average Bonchev–Trinajstić information content (AvgIpc) is 2.92. The summed E-state index contributed by atoms with van der Waals surface area (Å²) in [5, 5.41) is 3.06. The third-order valence-electron chi connectivity index (χ3n) is 6.63. The van der Waals surface area contributed by atoms with Crippen LogP contribution in [-0.2, 0) is 16.0 Å². The average molecular weight is 507 g/mol. The molecule has 2 atom stereocenters. The molecule has 3 aromatic rings. The van der Waals surface area contributed by atoms with Crippen LogP contribution in [0.1, 0.15) is 39.0 Å². The lowest BCUT2D eigenvalue weighted by Crippen LogP contribution is -2.48. The summed E-state index contributed by atoms with van der Waals surface area (Å²) in [7, 11) is 4.72. The maximum Gasteiger partial charge on any atom is 0.254 e. The van der Waals surface area contributed by atoms with Crippen molar-refractivity contribution in [3.05, 3.63) is 94.8 Å². The van der Waals surface area contributed by atoms with E-state index in [0.29, 0.717) is 54.3 Å². The molecule has 0 saturated heterocycles. The lowest BCUT2D eigenvalue weighted by atomic mass is 9.79. The highest BCUT2D eigenvalue weighted by Crippen LogP contribution is 2.42. The van der Waals surface area contributed by atoms with Gasteiger partial charge < -0.3 is 24.4 Å². The van der Waals surface area contributed by atoms with Crippen molar-refractivity contribution < 1.29 is 28.2 Å². The van der Waals surface area contributed by atoms with Crippen LogP contribution >= 0.6 is 0 Å². The van der Waals surface area contributed by atoms with Gasteiger partial charge in [0.25, 0.3) is 5.91 Å². The molecule has 0 radical (unpaired) electrons. The maximum atomic E-state index is 13.8. The fourth-order valence-corrected chi connectivity index (χ4v) is 4.82. The van der Waals surface area contributed by atoms with Crippen molar-refractivity contribution >= 4 is 11.8 Å². The van der Waals surface area contributed by atoms with Crippen LogP contribution in [0.25, 0.3) is 0 Å². The highest BCUT2D eigenvalue weighted by atomic mass is 19.1. The summed E-state index contributed by atoms with van der Waals surface area (Å²) in [5.74, 6) is -0.200. The molecule has 0 saturated carbocycles. The Morgan fingerprint density at radius 1 is 0.973 bits per heavy atom. The number of ether oxygens (including phenoxy) is 3. The number of carbonyl (C=O) groups excluding carboxylic acids is 2. The minimum atomic E-state index is -0.679. The summed E-state index contributed by atoms with van der Waals surface area (Å²) in [6, 6.07) is 18.1. The number of nitrogens with one attached hydrogen (secondary N) is 1. The van der Waals surface area contributed by atoms with E-state index in [0.717, 1.165) is 5.56 Å². The van der Waals surface area contributed by atoms with Gasteiger partial charge in [-0.15, -0.1) is 0 Å². The van der Waals surface area contributed by atoms with E-state index in [4.69, 9.17) is 14.2 Å². The number of nitrogens with zero attached hydrogens (tertiary/aromatic N) is 1. The lowest BCUT2D eigenvalue weighted by Gasteiger charge is -2.41. The summed E-state index contributed by atoms with van der Waals surface area (Å²) >= 11 is 0. The summed E-state index contributed by atoms with van der Waals surface area (Å²) in [6.07, 6.45) is 0.577. The van der Waals surface area contributed by atoms with Crippen LogP contribution < -0.4 is 14.8 Å². The Hall–Kier alpha value is -3.91. The molecule has 4 rings (SSSR count). The number of amides is 2. The smallest absolute Gasteiger partial charge is 0.254 e. The first kappa shape index (κ1) is 26.2. The molecule has 0 aromatic heterocycles. The van der Waals surface area contributed by atoms with Gasteiger partial charge in [-0.3, -0.25) is 9.59 Å². The molecule has 0 fully saturated rings. The highest BCUT2D eigenvalue weighted by molar-refractivity contribution is 6.01. The first-order valence-electron chi connectivity index (χ1n) is 12.1. The number of carbonyl (C=O) groups is 2. The zero-order chi connectivity index (χ0) is 26.4. The quantitative estimate of drug-likeness (QED) is 0.448. The van der Waals surface area contributed by atoms with Gasteiger partial charge in [-0.05, 0) is 53.4 Å². The van der Waals surface area contributed by atoms with E-state index in [1.807, 2.05) is 30.3 Å². The van der Waals surface area contributed by atoms with Gasteiger partial charge >= 0.3 is 0 Å². The first-order chi connectivity index (χ1) is 18.0. The van der Waals surface area contributed by atoms with Crippen LogP contribution in [0.4, 0.5) is 4.39 Å². The van der Waals surface area contributed by atoms with Gasteiger partial charge in [-0.1, -0.05) is 36.4 Å². The van der Waals surface area contributed by atoms with Crippen LogP contribution in [0.3, 0.4) is 0 Å². The van der Waals surface area contributed by atoms with Crippen LogP contribution in [0.2, 0.25) is 0 Å². The van der Waals surface area contributed by atoms with Crippen molar-refractivity contribution in [3.63, 3.8) is 0 Å². The highest BCUT2D eigenvalue weighted by Gasteiger charge is 2.43.